The molecule has 1 heteroatoms. The van der Waals surface area contributed by atoms with Crippen molar-refractivity contribution in [2.24, 2.45) is 0 Å². The molecular weight excluding hydrogens is 175 g/mol. The van der Waals surface area contributed by atoms with Crippen LogP contribution in [0.2, 0.25) is 0 Å². The fraction of sp³-hybridized carbons (Fsp3) is 0.385. The summed E-state index contributed by atoms with van der Waals surface area (Å²) in [5.74, 6) is 0.334. The van der Waals surface area contributed by atoms with E-state index in [2.05, 4.69) is 13.5 Å². The van der Waals surface area contributed by atoms with E-state index in [-0.39, 0.29) is 5.82 Å². The van der Waals surface area contributed by atoms with Gasteiger partial charge in [0.2, 0.25) is 0 Å². The SMILES string of the molecule is C=CCC(CCC)c1ccc(F)cc1. The van der Waals surface area contributed by atoms with Crippen LogP contribution in [0.25, 0.3) is 0 Å². The van der Waals surface area contributed by atoms with Crippen LogP contribution in [-0.2, 0) is 0 Å². The van der Waals surface area contributed by atoms with Crippen molar-refractivity contribution < 1.29 is 4.39 Å². The standard InChI is InChI=1S/C13H17F/c1-3-5-11(6-4-2)12-7-9-13(14)10-8-12/h3,7-11H,1,4-6H2,2H3. The molecule has 0 spiro atoms. The maximum atomic E-state index is 12.7. The molecular formula is C13H17F. The van der Waals surface area contributed by atoms with E-state index >= 15 is 0 Å². The molecule has 1 rings (SSSR count). The number of halogens is 1. The van der Waals surface area contributed by atoms with E-state index in [1.54, 1.807) is 0 Å². The van der Waals surface area contributed by atoms with E-state index in [9.17, 15) is 4.39 Å². The first-order chi connectivity index (χ1) is 6.77. The third-order valence-electron chi connectivity index (χ3n) is 2.43. The molecule has 0 fully saturated rings. The van der Waals surface area contributed by atoms with Crippen LogP contribution in [0.4, 0.5) is 4.39 Å². The topological polar surface area (TPSA) is 0 Å². The summed E-state index contributed by atoms with van der Waals surface area (Å²) in [6.07, 6.45) is 5.19. The minimum atomic E-state index is -0.164. The Bertz CT molecular complexity index is 274. The molecule has 0 aromatic heterocycles. The summed E-state index contributed by atoms with van der Waals surface area (Å²) in [7, 11) is 0. The normalized spacial score (nSPS) is 12.4. The molecule has 1 atom stereocenters. The molecule has 0 aliphatic carbocycles. The van der Waals surface area contributed by atoms with Crippen molar-refractivity contribution in [2.75, 3.05) is 0 Å². The third kappa shape index (κ3) is 2.99. The van der Waals surface area contributed by atoms with Gasteiger partial charge in [0.25, 0.3) is 0 Å². The van der Waals surface area contributed by atoms with Gasteiger partial charge in [0.1, 0.15) is 5.82 Å². The number of rotatable bonds is 5. The lowest BCUT2D eigenvalue weighted by atomic mass is 9.91. The molecule has 0 N–H and O–H groups in total. The fourth-order valence-electron chi connectivity index (χ4n) is 1.71. The highest BCUT2D eigenvalue weighted by Crippen LogP contribution is 2.25. The monoisotopic (exact) mass is 192 g/mol. The smallest absolute Gasteiger partial charge is 0.123 e. The van der Waals surface area contributed by atoms with Gasteiger partial charge >= 0.3 is 0 Å². The summed E-state index contributed by atoms with van der Waals surface area (Å²) in [4.78, 5) is 0. The summed E-state index contributed by atoms with van der Waals surface area (Å²) in [6, 6.07) is 6.81. The molecule has 0 amide bonds. The van der Waals surface area contributed by atoms with Crippen molar-refractivity contribution >= 4 is 0 Å². The zero-order chi connectivity index (χ0) is 10.4. The Labute approximate surface area is 85.5 Å². The van der Waals surface area contributed by atoms with Gasteiger partial charge in [0, 0.05) is 0 Å². The third-order valence-corrected chi connectivity index (χ3v) is 2.43. The second kappa shape index (κ2) is 5.58. The van der Waals surface area contributed by atoms with Gasteiger partial charge < -0.3 is 0 Å². The molecule has 0 nitrogen and oxygen atoms in total. The maximum Gasteiger partial charge on any atom is 0.123 e. The Morgan fingerprint density at radius 1 is 1.36 bits per heavy atom. The van der Waals surface area contributed by atoms with Gasteiger partial charge in [0.15, 0.2) is 0 Å². The second-order valence-corrected chi connectivity index (χ2v) is 3.56. The molecule has 1 aromatic rings. The minimum Gasteiger partial charge on any atom is -0.207 e. The molecule has 0 saturated heterocycles. The first-order valence-electron chi connectivity index (χ1n) is 5.14. The molecule has 0 bridgehead atoms. The lowest BCUT2D eigenvalue weighted by Gasteiger charge is -2.14. The summed E-state index contributed by atoms with van der Waals surface area (Å²) >= 11 is 0. The average Bonchev–Trinajstić information content (AvgIpc) is 2.19. The van der Waals surface area contributed by atoms with Crippen LogP contribution in [0.3, 0.4) is 0 Å². The van der Waals surface area contributed by atoms with Gasteiger partial charge in [-0.25, -0.2) is 4.39 Å². The minimum absolute atomic E-state index is 0.164. The van der Waals surface area contributed by atoms with Crippen molar-refractivity contribution in [1.29, 1.82) is 0 Å². The summed E-state index contributed by atoms with van der Waals surface area (Å²) < 4.78 is 12.7. The summed E-state index contributed by atoms with van der Waals surface area (Å²) in [5.41, 5.74) is 1.22. The highest BCUT2D eigenvalue weighted by atomic mass is 19.1. The van der Waals surface area contributed by atoms with Crippen molar-refractivity contribution in [3.05, 3.63) is 48.3 Å². The van der Waals surface area contributed by atoms with E-state index in [4.69, 9.17) is 0 Å². The summed E-state index contributed by atoms with van der Waals surface area (Å²) in [6.45, 7) is 5.92. The van der Waals surface area contributed by atoms with Crippen LogP contribution in [0, 0.1) is 5.82 Å². The van der Waals surface area contributed by atoms with Gasteiger partial charge in [-0.2, -0.15) is 0 Å². The van der Waals surface area contributed by atoms with Gasteiger partial charge in [-0.05, 0) is 36.5 Å². The Morgan fingerprint density at radius 3 is 2.50 bits per heavy atom. The molecule has 0 radical (unpaired) electrons. The predicted molar refractivity (Wildman–Crippen MR) is 58.9 cm³/mol. The quantitative estimate of drug-likeness (QED) is 0.611. The van der Waals surface area contributed by atoms with E-state index < -0.39 is 0 Å². The van der Waals surface area contributed by atoms with Crippen LogP contribution >= 0.6 is 0 Å². The van der Waals surface area contributed by atoms with Gasteiger partial charge in [-0.15, -0.1) is 6.58 Å². The average molecular weight is 192 g/mol. The van der Waals surface area contributed by atoms with Crippen molar-refractivity contribution in [3.8, 4) is 0 Å². The van der Waals surface area contributed by atoms with E-state index in [1.165, 1.54) is 17.7 Å². The van der Waals surface area contributed by atoms with Crippen LogP contribution in [0.5, 0.6) is 0 Å². The first-order valence-corrected chi connectivity index (χ1v) is 5.14. The van der Waals surface area contributed by atoms with Gasteiger partial charge in [-0.1, -0.05) is 31.6 Å². The lowest BCUT2D eigenvalue weighted by Crippen LogP contribution is -1.97. The molecule has 14 heavy (non-hydrogen) atoms. The molecule has 0 aliphatic heterocycles. The van der Waals surface area contributed by atoms with Gasteiger partial charge in [-0.3, -0.25) is 0 Å². The first kappa shape index (κ1) is 11.0. The van der Waals surface area contributed by atoms with Gasteiger partial charge in [0.05, 0.1) is 0 Å². The molecule has 1 aromatic carbocycles. The van der Waals surface area contributed by atoms with Crippen LogP contribution < -0.4 is 0 Å². The van der Waals surface area contributed by atoms with Crippen molar-refractivity contribution in [3.63, 3.8) is 0 Å². The largest absolute Gasteiger partial charge is 0.207 e. The molecule has 1 unspecified atom stereocenters. The fourth-order valence-corrected chi connectivity index (χ4v) is 1.71. The van der Waals surface area contributed by atoms with Crippen molar-refractivity contribution in [2.45, 2.75) is 32.1 Å². The highest BCUT2D eigenvalue weighted by molar-refractivity contribution is 5.21. The van der Waals surface area contributed by atoms with E-state index in [1.807, 2.05) is 18.2 Å². The Balaban J connectivity index is 2.76. The number of allylic oxidation sites excluding steroid dienone is 1. The zero-order valence-corrected chi connectivity index (χ0v) is 8.67. The number of hydrogen-bond acceptors (Lipinski definition) is 0. The van der Waals surface area contributed by atoms with E-state index in [0.717, 1.165) is 19.3 Å². The molecule has 0 aliphatic rings. The highest BCUT2D eigenvalue weighted by Gasteiger charge is 2.08. The number of benzene rings is 1. The lowest BCUT2D eigenvalue weighted by molar-refractivity contribution is 0.608. The Morgan fingerprint density at radius 2 is 2.00 bits per heavy atom. The molecule has 76 valence electrons. The van der Waals surface area contributed by atoms with Crippen LogP contribution in [-0.4, -0.2) is 0 Å². The van der Waals surface area contributed by atoms with Crippen LogP contribution in [0.1, 0.15) is 37.7 Å². The Hall–Kier alpha value is -1.11. The molecule has 0 heterocycles. The van der Waals surface area contributed by atoms with Crippen molar-refractivity contribution in [1.82, 2.24) is 0 Å². The summed E-state index contributed by atoms with van der Waals surface area (Å²) in [5, 5.41) is 0. The molecule has 0 saturated carbocycles. The van der Waals surface area contributed by atoms with E-state index in [0.29, 0.717) is 5.92 Å². The number of hydrogen-bond donors (Lipinski definition) is 0. The second-order valence-electron chi connectivity index (χ2n) is 3.56. The Kier molecular flexibility index (Phi) is 4.37. The zero-order valence-electron chi connectivity index (χ0n) is 8.67. The maximum absolute atomic E-state index is 12.7. The van der Waals surface area contributed by atoms with Crippen LogP contribution in [0.15, 0.2) is 36.9 Å². The predicted octanol–water partition coefficient (Wildman–Crippen LogP) is 4.29.